The van der Waals surface area contributed by atoms with Gasteiger partial charge in [-0.3, -0.25) is 4.79 Å². The molecule has 1 atom stereocenters. The quantitative estimate of drug-likeness (QED) is 0.833. The molecule has 8 heteroatoms. The van der Waals surface area contributed by atoms with Crippen LogP contribution in [-0.2, 0) is 4.79 Å². The number of likely N-dealkylation sites (N-methyl/N-ethyl adjacent to an activating group) is 1. The van der Waals surface area contributed by atoms with Crippen molar-refractivity contribution in [1.82, 2.24) is 10.6 Å². The highest BCUT2D eigenvalue weighted by Gasteiger charge is 2.20. The third-order valence-corrected chi connectivity index (χ3v) is 3.55. The number of anilines is 1. The minimum absolute atomic E-state index is 0. The number of ether oxygens (including phenoxy) is 1. The van der Waals surface area contributed by atoms with Crippen molar-refractivity contribution in [3.63, 3.8) is 0 Å². The zero-order valence-electron chi connectivity index (χ0n) is 12.6. The predicted octanol–water partition coefficient (Wildman–Crippen LogP) is 2.11. The molecule has 0 bridgehead atoms. The number of hydrogen-bond donors (Lipinski definition) is 2. The van der Waals surface area contributed by atoms with E-state index in [-0.39, 0.29) is 36.8 Å². The van der Waals surface area contributed by atoms with Crippen molar-refractivity contribution in [2.75, 3.05) is 38.2 Å². The first-order valence-electron chi connectivity index (χ1n) is 6.71. The van der Waals surface area contributed by atoms with Gasteiger partial charge in [0.1, 0.15) is 12.4 Å². The minimum atomic E-state index is -0.0000690. The SMILES string of the molecule is CNC(C)CNC(=O)CN1CCOc2ccc(Cl)cc21.Cl.Cl. The molecule has 1 aliphatic heterocycles. The fourth-order valence-corrected chi connectivity index (χ4v) is 2.17. The average Bonchev–Trinajstić information content (AvgIpc) is 2.45. The maximum atomic E-state index is 12.0. The Bertz CT molecular complexity index is 488. The Hall–Kier alpha value is -0.880. The van der Waals surface area contributed by atoms with Gasteiger partial charge >= 0.3 is 0 Å². The smallest absolute Gasteiger partial charge is 0.239 e. The van der Waals surface area contributed by atoms with E-state index < -0.39 is 0 Å². The maximum absolute atomic E-state index is 12.0. The molecule has 0 saturated carbocycles. The fourth-order valence-electron chi connectivity index (χ4n) is 2.01. The van der Waals surface area contributed by atoms with Gasteiger partial charge in [-0.15, -0.1) is 24.8 Å². The number of amides is 1. The molecule has 2 rings (SSSR count). The summed E-state index contributed by atoms with van der Waals surface area (Å²) in [5.74, 6) is 0.775. The zero-order chi connectivity index (χ0) is 14.5. The summed E-state index contributed by atoms with van der Waals surface area (Å²) in [7, 11) is 1.87. The Morgan fingerprint density at radius 2 is 2.18 bits per heavy atom. The second-order valence-corrected chi connectivity index (χ2v) is 5.31. The standard InChI is InChI=1S/C14H20ClN3O2.2ClH/c1-10(16-2)8-17-14(19)9-18-5-6-20-13-4-3-11(15)7-12(13)18;;/h3-4,7,10,16H,5-6,8-9H2,1-2H3,(H,17,19);2*1H. The van der Waals surface area contributed by atoms with E-state index in [1.807, 2.05) is 31.0 Å². The highest BCUT2D eigenvalue weighted by molar-refractivity contribution is 6.31. The van der Waals surface area contributed by atoms with Crippen LogP contribution >= 0.6 is 36.4 Å². The molecule has 0 radical (unpaired) electrons. The van der Waals surface area contributed by atoms with Crippen molar-refractivity contribution in [2.24, 2.45) is 0 Å². The lowest BCUT2D eigenvalue weighted by atomic mass is 10.2. The molecule has 1 amide bonds. The second-order valence-electron chi connectivity index (χ2n) is 4.88. The monoisotopic (exact) mass is 369 g/mol. The van der Waals surface area contributed by atoms with Crippen molar-refractivity contribution in [3.8, 4) is 5.75 Å². The van der Waals surface area contributed by atoms with Crippen molar-refractivity contribution in [3.05, 3.63) is 23.2 Å². The topological polar surface area (TPSA) is 53.6 Å². The number of carbonyl (C=O) groups is 1. The Morgan fingerprint density at radius 3 is 2.86 bits per heavy atom. The number of nitrogens with one attached hydrogen (secondary N) is 2. The molecule has 0 spiro atoms. The van der Waals surface area contributed by atoms with E-state index in [1.165, 1.54) is 0 Å². The Kier molecular flexibility index (Phi) is 9.60. The lowest BCUT2D eigenvalue weighted by molar-refractivity contribution is -0.119. The van der Waals surface area contributed by atoms with Crippen LogP contribution in [0, 0.1) is 0 Å². The summed E-state index contributed by atoms with van der Waals surface area (Å²) in [5, 5.41) is 6.63. The average molecular weight is 371 g/mol. The number of fused-ring (bicyclic) bond motifs is 1. The van der Waals surface area contributed by atoms with E-state index in [1.54, 1.807) is 6.07 Å². The van der Waals surface area contributed by atoms with Crippen molar-refractivity contribution in [2.45, 2.75) is 13.0 Å². The second kappa shape index (κ2) is 10.0. The normalized spacial score (nSPS) is 13.9. The van der Waals surface area contributed by atoms with Crippen molar-refractivity contribution in [1.29, 1.82) is 0 Å². The van der Waals surface area contributed by atoms with Crippen LogP contribution in [0.1, 0.15) is 6.92 Å². The first-order chi connectivity index (χ1) is 9.60. The maximum Gasteiger partial charge on any atom is 0.239 e. The van der Waals surface area contributed by atoms with Gasteiger partial charge in [-0.2, -0.15) is 0 Å². The molecule has 2 N–H and O–H groups in total. The summed E-state index contributed by atoms with van der Waals surface area (Å²) >= 11 is 6.01. The van der Waals surface area contributed by atoms with Gasteiger partial charge in [0.05, 0.1) is 18.8 Å². The fraction of sp³-hybridized carbons (Fsp3) is 0.500. The Morgan fingerprint density at radius 1 is 1.45 bits per heavy atom. The number of carbonyl (C=O) groups excluding carboxylic acids is 1. The molecular weight excluding hydrogens is 349 g/mol. The van der Waals surface area contributed by atoms with Gasteiger partial charge in [-0.05, 0) is 32.2 Å². The zero-order valence-corrected chi connectivity index (χ0v) is 15.0. The van der Waals surface area contributed by atoms with Gasteiger partial charge in [0, 0.05) is 17.6 Å². The number of nitrogens with zero attached hydrogens (tertiary/aromatic N) is 1. The molecule has 1 unspecified atom stereocenters. The van der Waals surface area contributed by atoms with Crippen LogP contribution in [0.3, 0.4) is 0 Å². The van der Waals surface area contributed by atoms with E-state index >= 15 is 0 Å². The third kappa shape index (κ3) is 5.72. The molecule has 1 heterocycles. The molecule has 22 heavy (non-hydrogen) atoms. The van der Waals surface area contributed by atoms with Crippen LogP contribution in [0.5, 0.6) is 5.75 Å². The van der Waals surface area contributed by atoms with Crippen LogP contribution in [-0.4, -0.2) is 45.2 Å². The lowest BCUT2D eigenvalue weighted by Gasteiger charge is -2.30. The van der Waals surface area contributed by atoms with E-state index in [0.29, 0.717) is 31.3 Å². The highest BCUT2D eigenvalue weighted by atomic mass is 35.5. The van der Waals surface area contributed by atoms with E-state index in [2.05, 4.69) is 10.6 Å². The predicted molar refractivity (Wildman–Crippen MR) is 95.2 cm³/mol. The Labute approximate surface area is 148 Å². The molecule has 5 nitrogen and oxygen atoms in total. The van der Waals surface area contributed by atoms with Crippen molar-refractivity contribution < 1.29 is 9.53 Å². The number of rotatable bonds is 5. The van der Waals surface area contributed by atoms with Gasteiger partial charge in [0.25, 0.3) is 0 Å². The molecule has 0 saturated heterocycles. The van der Waals surface area contributed by atoms with E-state index in [0.717, 1.165) is 11.4 Å². The molecule has 1 aliphatic rings. The third-order valence-electron chi connectivity index (χ3n) is 3.31. The summed E-state index contributed by atoms with van der Waals surface area (Å²) in [5.41, 5.74) is 0.876. The minimum Gasteiger partial charge on any atom is -0.490 e. The first kappa shape index (κ1) is 21.1. The van der Waals surface area contributed by atoms with Crippen LogP contribution in [0.2, 0.25) is 5.02 Å². The van der Waals surface area contributed by atoms with Gasteiger partial charge in [0.2, 0.25) is 5.91 Å². The van der Waals surface area contributed by atoms with Gasteiger partial charge in [-0.1, -0.05) is 11.6 Å². The largest absolute Gasteiger partial charge is 0.490 e. The number of benzene rings is 1. The molecule has 0 fully saturated rings. The summed E-state index contributed by atoms with van der Waals surface area (Å²) < 4.78 is 5.56. The first-order valence-corrected chi connectivity index (χ1v) is 7.09. The van der Waals surface area contributed by atoms with Crippen LogP contribution in [0.25, 0.3) is 0 Å². The van der Waals surface area contributed by atoms with Crippen molar-refractivity contribution >= 4 is 48.0 Å². The summed E-state index contributed by atoms with van der Waals surface area (Å²) in [6.45, 7) is 4.20. The summed E-state index contributed by atoms with van der Waals surface area (Å²) in [4.78, 5) is 14.0. The molecular formula is C14H22Cl3N3O2. The molecule has 1 aromatic rings. The summed E-state index contributed by atoms with van der Waals surface area (Å²) in [6.07, 6.45) is 0. The highest BCUT2D eigenvalue weighted by Crippen LogP contribution is 2.33. The van der Waals surface area contributed by atoms with Gasteiger partial charge in [-0.25, -0.2) is 0 Å². The van der Waals surface area contributed by atoms with Gasteiger partial charge in [0.15, 0.2) is 0 Å². The van der Waals surface area contributed by atoms with Crippen LogP contribution < -0.4 is 20.3 Å². The molecule has 0 aromatic heterocycles. The molecule has 0 aliphatic carbocycles. The van der Waals surface area contributed by atoms with Crippen LogP contribution in [0.4, 0.5) is 5.69 Å². The Balaban J connectivity index is 0.00000220. The lowest BCUT2D eigenvalue weighted by Crippen LogP contribution is -2.44. The molecule has 1 aromatic carbocycles. The number of hydrogen-bond acceptors (Lipinski definition) is 4. The van der Waals surface area contributed by atoms with Gasteiger partial charge < -0.3 is 20.3 Å². The van der Waals surface area contributed by atoms with Crippen LogP contribution in [0.15, 0.2) is 18.2 Å². The van der Waals surface area contributed by atoms with E-state index in [4.69, 9.17) is 16.3 Å². The molecule has 126 valence electrons. The number of halogens is 3. The summed E-state index contributed by atoms with van der Waals surface area (Å²) in [6, 6.07) is 5.72. The van der Waals surface area contributed by atoms with E-state index in [9.17, 15) is 4.79 Å².